The molecule has 10 heteroatoms. The summed E-state index contributed by atoms with van der Waals surface area (Å²) in [6.45, 7) is 4.24. The lowest BCUT2D eigenvalue weighted by molar-refractivity contribution is 0.114. The summed E-state index contributed by atoms with van der Waals surface area (Å²) in [7, 11) is -3.54. The molecule has 1 saturated carbocycles. The van der Waals surface area contributed by atoms with E-state index in [9.17, 15) is 13.5 Å². The first-order valence-corrected chi connectivity index (χ1v) is 12.4. The second kappa shape index (κ2) is 12.9. The van der Waals surface area contributed by atoms with Gasteiger partial charge in [0, 0.05) is 25.7 Å². The molecule has 1 heterocycles. The number of guanidine groups is 1. The number of ether oxygens (including phenoxy) is 1. The summed E-state index contributed by atoms with van der Waals surface area (Å²) in [5.74, 6) is 0.744. The first-order chi connectivity index (χ1) is 14.5. The first-order valence-electron chi connectivity index (χ1n) is 10.9. The summed E-state index contributed by atoms with van der Waals surface area (Å²) < 4.78 is 33.0. The number of nitrogens with one attached hydrogen (secondary N) is 3. The minimum absolute atomic E-state index is 0. The molecule has 1 saturated heterocycles. The van der Waals surface area contributed by atoms with E-state index in [0.717, 1.165) is 56.6 Å². The summed E-state index contributed by atoms with van der Waals surface area (Å²) in [6.07, 6.45) is 5.14. The summed E-state index contributed by atoms with van der Waals surface area (Å²) in [5.41, 5.74) is 0.935. The highest BCUT2D eigenvalue weighted by atomic mass is 127. The minimum Gasteiger partial charge on any atom is -0.393 e. The average Bonchev–Trinajstić information content (AvgIpc) is 3.26. The fourth-order valence-electron chi connectivity index (χ4n) is 3.77. The molecule has 1 aromatic carbocycles. The van der Waals surface area contributed by atoms with Crippen molar-refractivity contribution < 1.29 is 18.3 Å². The number of aliphatic hydroxyl groups is 1. The zero-order valence-electron chi connectivity index (χ0n) is 18.0. The standard InChI is InChI=1S/C21H34N4O4S.HI/c1-2-22-21(25-17-7-9-18(26)10-8-17)23-14-16-5-11-20(12-6-16)30(27,28)24-15-19-4-3-13-29-19;/h5-6,11-12,17-19,24,26H,2-4,7-10,13-15H2,1H3,(H2,22,23,25);1H. The Labute approximate surface area is 202 Å². The fraction of sp³-hybridized carbons (Fsp3) is 0.667. The second-order valence-electron chi connectivity index (χ2n) is 7.98. The van der Waals surface area contributed by atoms with Gasteiger partial charge in [0.05, 0.1) is 23.6 Å². The molecule has 2 aliphatic rings. The van der Waals surface area contributed by atoms with E-state index in [4.69, 9.17) is 4.74 Å². The molecular weight excluding hydrogens is 531 g/mol. The molecule has 3 rings (SSSR count). The molecule has 1 aliphatic carbocycles. The third-order valence-corrected chi connectivity index (χ3v) is 7.00. The van der Waals surface area contributed by atoms with Crippen LogP contribution in [0.4, 0.5) is 0 Å². The van der Waals surface area contributed by atoms with Gasteiger partial charge in [-0.3, -0.25) is 0 Å². The number of rotatable bonds is 8. The Morgan fingerprint density at radius 1 is 1.16 bits per heavy atom. The van der Waals surface area contributed by atoms with E-state index in [1.54, 1.807) is 24.3 Å². The molecule has 0 aromatic heterocycles. The molecule has 0 spiro atoms. The molecule has 176 valence electrons. The van der Waals surface area contributed by atoms with E-state index in [1.807, 2.05) is 6.92 Å². The van der Waals surface area contributed by atoms with E-state index in [-0.39, 0.29) is 41.1 Å². The molecule has 1 unspecified atom stereocenters. The predicted octanol–water partition coefficient (Wildman–Crippen LogP) is 2.12. The summed E-state index contributed by atoms with van der Waals surface area (Å²) in [4.78, 5) is 4.88. The van der Waals surface area contributed by atoms with Gasteiger partial charge in [-0.25, -0.2) is 18.1 Å². The van der Waals surface area contributed by atoms with E-state index >= 15 is 0 Å². The number of aliphatic hydroxyl groups excluding tert-OH is 1. The highest BCUT2D eigenvalue weighted by Crippen LogP contribution is 2.18. The van der Waals surface area contributed by atoms with Crippen LogP contribution in [0.25, 0.3) is 0 Å². The maximum atomic E-state index is 12.5. The van der Waals surface area contributed by atoms with E-state index in [2.05, 4.69) is 20.3 Å². The number of sulfonamides is 1. The summed E-state index contributed by atoms with van der Waals surface area (Å²) in [6, 6.07) is 7.14. The van der Waals surface area contributed by atoms with Crippen molar-refractivity contribution in [1.29, 1.82) is 0 Å². The largest absolute Gasteiger partial charge is 0.393 e. The van der Waals surface area contributed by atoms with E-state index in [1.165, 1.54) is 0 Å². The van der Waals surface area contributed by atoms with Gasteiger partial charge in [0.1, 0.15) is 0 Å². The quantitative estimate of drug-likeness (QED) is 0.218. The lowest BCUT2D eigenvalue weighted by Gasteiger charge is -2.27. The average molecular weight is 567 g/mol. The van der Waals surface area contributed by atoms with Crippen molar-refractivity contribution in [1.82, 2.24) is 15.4 Å². The Kier molecular flexibility index (Phi) is 11.0. The van der Waals surface area contributed by atoms with Crippen molar-refractivity contribution in [3.05, 3.63) is 29.8 Å². The van der Waals surface area contributed by atoms with Crippen LogP contribution in [0.1, 0.15) is 51.0 Å². The molecule has 0 radical (unpaired) electrons. The highest BCUT2D eigenvalue weighted by molar-refractivity contribution is 14.0. The zero-order chi connectivity index (χ0) is 21.4. The summed E-state index contributed by atoms with van der Waals surface area (Å²) >= 11 is 0. The predicted molar refractivity (Wildman–Crippen MR) is 132 cm³/mol. The van der Waals surface area contributed by atoms with Gasteiger partial charge in [0.25, 0.3) is 0 Å². The van der Waals surface area contributed by atoms with Crippen LogP contribution in [0.2, 0.25) is 0 Å². The molecule has 0 bridgehead atoms. The molecule has 2 fully saturated rings. The highest BCUT2D eigenvalue weighted by Gasteiger charge is 2.21. The van der Waals surface area contributed by atoms with Crippen molar-refractivity contribution in [2.45, 2.75) is 75.1 Å². The third-order valence-electron chi connectivity index (χ3n) is 5.56. The zero-order valence-corrected chi connectivity index (χ0v) is 21.2. The van der Waals surface area contributed by atoms with Gasteiger partial charge in [-0.1, -0.05) is 12.1 Å². The van der Waals surface area contributed by atoms with Crippen LogP contribution < -0.4 is 15.4 Å². The SMILES string of the molecule is CCNC(=NCc1ccc(S(=O)(=O)NCC2CCCO2)cc1)NC1CCC(O)CC1.I. The van der Waals surface area contributed by atoms with Crippen LogP contribution >= 0.6 is 24.0 Å². The van der Waals surface area contributed by atoms with Gasteiger partial charge in [-0.2, -0.15) is 0 Å². The number of nitrogens with zero attached hydrogens (tertiary/aromatic N) is 1. The Bertz CT molecular complexity index is 790. The van der Waals surface area contributed by atoms with Crippen molar-refractivity contribution in [2.24, 2.45) is 4.99 Å². The van der Waals surface area contributed by atoms with Crippen LogP contribution in [0.5, 0.6) is 0 Å². The second-order valence-corrected chi connectivity index (χ2v) is 9.74. The summed E-state index contributed by atoms with van der Waals surface area (Å²) in [5, 5.41) is 16.3. The fourth-order valence-corrected chi connectivity index (χ4v) is 4.84. The van der Waals surface area contributed by atoms with Gasteiger partial charge >= 0.3 is 0 Å². The number of hydrogen-bond donors (Lipinski definition) is 4. The number of aliphatic imine (C=N–C) groups is 1. The molecular formula is C21H35IN4O4S. The van der Waals surface area contributed by atoms with Crippen molar-refractivity contribution in [2.75, 3.05) is 19.7 Å². The lowest BCUT2D eigenvalue weighted by Crippen LogP contribution is -2.45. The van der Waals surface area contributed by atoms with Crippen LogP contribution in [-0.4, -0.2) is 57.4 Å². The van der Waals surface area contributed by atoms with Crippen LogP contribution in [0.3, 0.4) is 0 Å². The van der Waals surface area contributed by atoms with E-state index < -0.39 is 10.0 Å². The topological polar surface area (TPSA) is 112 Å². The molecule has 0 amide bonds. The van der Waals surface area contributed by atoms with Gasteiger partial charge in [0.2, 0.25) is 10.0 Å². The third kappa shape index (κ3) is 8.49. The van der Waals surface area contributed by atoms with Crippen LogP contribution in [0, 0.1) is 0 Å². The number of hydrogen-bond acceptors (Lipinski definition) is 5. The Morgan fingerprint density at radius 3 is 2.48 bits per heavy atom. The smallest absolute Gasteiger partial charge is 0.240 e. The minimum atomic E-state index is -3.54. The maximum Gasteiger partial charge on any atom is 0.240 e. The number of halogens is 1. The molecule has 31 heavy (non-hydrogen) atoms. The van der Waals surface area contributed by atoms with Gasteiger partial charge in [-0.05, 0) is 63.1 Å². The van der Waals surface area contributed by atoms with Gasteiger partial charge in [-0.15, -0.1) is 24.0 Å². The Balaban J connectivity index is 0.00000341. The van der Waals surface area contributed by atoms with Crippen LogP contribution in [0.15, 0.2) is 34.2 Å². The molecule has 1 aromatic rings. The van der Waals surface area contributed by atoms with Crippen molar-refractivity contribution >= 4 is 40.0 Å². The van der Waals surface area contributed by atoms with Crippen molar-refractivity contribution in [3.8, 4) is 0 Å². The molecule has 4 N–H and O–H groups in total. The maximum absolute atomic E-state index is 12.5. The van der Waals surface area contributed by atoms with Crippen LogP contribution in [-0.2, 0) is 21.3 Å². The van der Waals surface area contributed by atoms with Gasteiger partial charge in [0.15, 0.2) is 5.96 Å². The molecule has 8 nitrogen and oxygen atoms in total. The van der Waals surface area contributed by atoms with E-state index in [0.29, 0.717) is 25.7 Å². The first kappa shape index (κ1) is 26.3. The van der Waals surface area contributed by atoms with Crippen molar-refractivity contribution in [3.63, 3.8) is 0 Å². The normalized spacial score (nSPS) is 24.5. The van der Waals surface area contributed by atoms with Gasteiger partial charge < -0.3 is 20.5 Å². The monoisotopic (exact) mass is 566 g/mol. The number of benzene rings is 1. The molecule has 1 atom stereocenters. The Morgan fingerprint density at radius 2 is 1.87 bits per heavy atom. The molecule has 1 aliphatic heterocycles. The Hall–Kier alpha value is -0.950. The lowest BCUT2D eigenvalue weighted by atomic mass is 9.93.